The van der Waals surface area contributed by atoms with Gasteiger partial charge < -0.3 is 4.74 Å². The lowest BCUT2D eigenvalue weighted by Gasteiger charge is -2.04. The van der Waals surface area contributed by atoms with E-state index in [4.69, 9.17) is 16.3 Å². The third kappa shape index (κ3) is 3.80. The molecule has 0 radical (unpaired) electrons. The van der Waals surface area contributed by atoms with E-state index in [0.29, 0.717) is 5.02 Å². The standard InChI is InChI=1S/C16H12ClNO2S2/c17-11-5-1-3-7-13(11)21-10-16(19)20-9-15-18-12-6-2-4-8-14(12)22-15/h1-8H,9-10H2. The molecule has 3 aromatic rings. The molecule has 0 aliphatic rings. The Hall–Kier alpha value is -1.56. The van der Waals surface area contributed by atoms with Crippen LogP contribution >= 0.6 is 34.7 Å². The number of halogens is 1. The SMILES string of the molecule is O=C(CSc1ccccc1Cl)OCc1nc2ccccc2s1. The van der Waals surface area contributed by atoms with Crippen LogP contribution < -0.4 is 0 Å². The summed E-state index contributed by atoms with van der Waals surface area (Å²) in [5.74, 6) is -0.0431. The molecule has 3 nitrogen and oxygen atoms in total. The number of fused-ring (bicyclic) bond motifs is 1. The molecule has 0 N–H and O–H groups in total. The molecule has 0 aliphatic carbocycles. The topological polar surface area (TPSA) is 39.2 Å². The van der Waals surface area contributed by atoms with E-state index in [9.17, 15) is 4.79 Å². The van der Waals surface area contributed by atoms with Gasteiger partial charge in [-0.25, -0.2) is 4.98 Å². The number of thiazole rings is 1. The molecular formula is C16H12ClNO2S2. The molecule has 0 unspecified atom stereocenters. The second kappa shape index (κ2) is 7.13. The van der Waals surface area contributed by atoms with Crippen LogP contribution in [0.3, 0.4) is 0 Å². The van der Waals surface area contributed by atoms with Crippen LogP contribution in [-0.4, -0.2) is 16.7 Å². The number of rotatable bonds is 5. The van der Waals surface area contributed by atoms with Crippen LogP contribution in [0.2, 0.25) is 5.02 Å². The fourth-order valence-corrected chi connectivity index (χ4v) is 3.78. The third-order valence-electron chi connectivity index (χ3n) is 2.88. The summed E-state index contributed by atoms with van der Waals surface area (Å²) in [7, 11) is 0. The predicted octanol–water partition coefficient (Wildman–Crippen LogP) is 4.79. The van der Waals surface area contributed by atoms with Gasteiger partial charge in [-0.15, -0.1) is 23.1 Å². The van der Waals surface area contributed by atoms with Crippen molar-refractivity contribution in [3.8, 4) is 0 Å². The number of hydrogen-bond donors (Lipinski definition) is 0. The number of benzene rings is 2. The molecule has 0 spiro atoms. The van der Waals surface area contributed by atoms with Gasteiger partial charge in [0, 0.05) is 4.90 Å². The van der Waals surface area contributed by atoms with Crippen LogP contribution in [0.5, 0.6) is 0 Å². The first-order chi connectivity index (χ1) is 10.7. The number of aromatic nitrogens is 1. The maximum absolute atomic E-state index is 11.8. The Morgan fingerprint density at radius 1 is 1.18 bits per heavy atom. The zero-order valence-electron chi connectivity index (χ0n) is 11.5. The average Bonchev–Trinajstić information content (AvgIpc) is 2.95. The van der Waals surface area contributed by atoms with Crippen molar-refractivity contribution in [1.29, 1.82) is 0 Å². The Bertz CT molecular complexity index is 770. The van der Waals surface area contributed by atoms with Gasteiger partial charge in [0.2, 0.25) is 0 Å². The molecule has 0 amide bonds. The lowest BCUT2D eigenvalue weighted by Crippen LogP contribution is -2.07. The van der Waals surface area contributed by atoms with Gasteiger partial charge in [-0.3, -0.25) is 4.79 Å². The quantitative estimate of drug-likeness (QED) is 0.490. The largest absolute Gasteiger partial charge is 0.458 e. The number of thioether (sulfide) groups is 1. The minimum Gasteiger partial charge on any atom is -0.458 e. The smallest absolute Gasteiger partial charge is 0.316 e. The number of esters is 1. The number of carbonyl (C=O) groups is 1. The van der Waals surface area contributed by atoms with Gasteiger partial charge in [0.25, 0.3) is 0 Å². The fraction of sp³-hybridized carbons (Fsp3) is 0.125. The van der Waals surface area contributed by atoms with Gasteiger partial charge >= 0.3 is 5.97 Å². The highest BCUT2D eigenvalue weighted by Gasteiger charge is 2.09. The molecule has 0 saturated heterocycles. The van der Waals surface area contributed by atoms with Gasteiger partial charge in [0.05, 0.1) is 21.0 Å². The Balaban J connectivity index is 1.53. The molecule has 22 heavy (non-hydrogen) atoms. The number of para-hydroxylation sites is 1. The molecule has 6 heteroatoms. The number of nitrogens with zero attached hydrogens (tertiary/aromatic N) is 1. The number of carbonyl (C=O) groups excluding carboxylic acids is 1. The second-order valence-electron chi connectivity index (χ2n) is 4.46. The summed E-state index contributed by atoms with van der Waals surface area (Å²) in [5, 5.41) is 1.45. The molecule has 0 saturated carbocycles. The van der Waals surface area contributed by atoms with Crippen LogP contribution in [0, 0.1) is 0 Å². The lowest BCUT2D eigenvalue weighted by atomic mass is 10.3. The Morgan fingerprint density at radius 2 is 1.95 bits per heavy atom. The summed E-state index contributed by atoms with van der Waals surface area (Å²) in [4.78, 5) is 17.1. The highest BCUT2D eigenvalue weighted by molar-refractivity contribution is 8.00. The number of ether oxygens (including phenoxy) is 1. The molecule has 1 aromatic heterocycles. The van der Waals surface area contributed by atoms with Crippen LogP contribution in [0.4, 0.5) is 0 Å². The van der Waals surface area contributed by atoms with Crippen LogP contribution in [0.25, 0.3) is 10.2 Å². The molecule has 2 aromatic carbocycles. The van der Waals surface area contributed by atoms with Crippen LogP contribution in [-0.2, 0) is 16.1 Å². The summed E-state index contributed by atoms with van der Waals surface area (Å²) < 4.78 is 6.36. The highest BCUT2D eigenvalue weighted by atomic mass is 35.5. The first-order valence-corrected chi connectivity index (χ1v) is 8.78. The molecule has 0 aliphatic heterocycles. The van der Waals surface area contributed by atoms with Crippen molar-refractivity contribution in [3.05, 3.63) is 58.6 Å². The fourth-order valence-electron chi connectivity index (χ4n) is 1.86. The summed E-state index contributed by atoms with van der Waals surface area (Å²) in [6.07, 6.45) is 0. The van der Waals surface area contributed by atoms with E-state index in [2.05, 4.69) is 4.98 Å². The maximum atomic E-state index is 11.8. The van der Waals surface area contributed by atoms with Crippen molar-refractivity contribution in [2.45, 2.75) is 11.5 Å². The van der Waals surface area contributed by atoms with E-state index in [1.54, 1.807) is 6.07 Å². The second-order valence-corrected chi connectivity index (χ2v) is 6.99. The van der Waals surface area contributed by atoms with E-state index in [1.165, 1.54) is 23.1 Å². The summed E-state index contributed by atoms with van der Waals surface area (Å²) >= 11 is 8.96. The van der Waals surface area contributed by atoms with E-state index >= 15 is 0 Å². The van der Waals surface area contributed by atoms with Gasteiger partial charge in [-0.2, -0.15) is 0 Å². The lowest BCUT2D eigenvalue weighted by molar-refractivity contribution is -0.141. The van der Waals surface area contributed by atoms with Crippen molar-refractivity contribution in [3.63, 3.8) is 0 Å². The van der Waals surface area contributed by atoms with Crippen molar-refractivity contribution in [2.75, 3.05) is 5.75 Å². The third-order valence-corrected chi connectivity index (χ3v) is 5.38. The zero-order valence-corrected chi connectivity index (χ0v) is 13.9. The molecule has 0 fully saturated rings. The molecule has 112 valence electrons. The average molecular weight is 350 g/mol. The van der Waals surface area contributed by atoms with Gasteiger partial charge in [0.15, 0.2) is 0 Å². The molecule has 0 bridgehead atoms. The van der Waals surface area contributed by atoms with Gasteiger partial charge in [0.1, 0.15) is 11.6 Å². The summed E-state index contributed by atoms with van der Waals surface area (Å²) in [6.45, 7) is 0.210. The Morgan fingerprint density at radius 3 is 2.77 bits per heavy atom. The van der Waals surface area contributed by atoms with Crippen molar-refractivity contribution >= 4 is 50.9 Å². The van der Waals surface area contributed by atoms with E-state index < -0.39 is 0 Å². The molecule has 1 heterocycles. The van der Waals surface area contributed by atoms with Crippen LogP contribution in [0.15, 0.2) is 53.4 Å². The first kappa shape index (κ1) is 15.3. The van der Waals surface area contributed by atoms with Crippen molar-refractivity contribution in [2.24, 2.45) is 0 Å². The molecule has 0 atom stereocenters. The maximum Gasteiger partial charge on any atom is 0.316 e. The molecule has 3 rings (SSSR count). The van der Waals surface area contributed by atoms with E-state index in [-0.39, 0.29) is 18.3 Å². The minimum absolute atomic E-state index is 0.210. The normalized spacial score (nSPS) is 10.8. The Labute approximate surface area is 141 Å². The zero-order chi connectivity index (χ0) is 15.4. The highest BCUT2D eigenvalue weighted by Crippen LogP contribution is 2.27. The van der Waals surface area contributed by atoms with Gasteiger partial charge in [-0.1, -0.05) is 35.9 Å². The summed E-state index contributed by atoms with van der Waals surface area (Å²) in [5.41, 5.74) is 0.934. The first-order valence-electron chi connectivity index (χ1n) is 6.60. The van der Waals surface area contributed by atoms with Gasteiger partial charge in [-0.05, 0) is 24.3 Å². The molecular weight excluding hydrogens is 338 g/mol. The Kier molecular flexibility index (Phi) is 4.97. The van der Waals surface area contributed by atoms with Crippen molar-refractivity contribution in [1.82, 2.24) is 4.98 Å². The van der Waals surface area contributed by atoms with E-state index in [0.717, 1.165) is 20.1 Å². The number of hydrogen-bond acceptors (Lipinski definition) is 5. The van der Waals surface area contributed by atoms with Crippen LogP contribution in [0.1, 0.15) is 5.01 Å². The monoisotopic (exact) mass is 349 g/mol. The predicted molar refractivity (Wildman–Crippen MR) is 91.6 cm³/mol. The van der Waals surface area contributed by atoms with Crippen molar-refractivity contribution < 1.29 is 9.53 Å². The van der Waals surface area contributed by atoms with E-state index in [1.807, 2.05) is 42.5 Å². The minimum atomic E-state index is -0.274. The summed E-state index contributed by atoms with van der Waals surface area (Å²) in [6, 6.07) is 15.3.